The Kier molecular flexibility index (Phi) is 1.92. The number of aliphatic hydroxyl groups excluding tert-OH is 1. The zero-order valence-electron chi connectivity index (χ0n) is 3.52. The average molecular weight is 88.2 g/mol. The summed E-state index contributed by atoms with van der Waals surface area (Å²) >= 11 is 0. The Hall–Kier alpha value is -0.243. The van der Waals surface area contributed by atoms with Crippen molar-refractivity contribution in [1.82, 2.24) is 0 Å². The highest BCUT2D eigenvalue weighted by Crippen LogP contribution is 1.70. The molecule has 0 atom stereocenters. The molecule has 30 valence electrons. The largest absolute Gasteiger partial charge is 0.519 e. The molecule has 0 spiro atoms. The molecule has 0 aromatic heterocycles. The van der Waals surface area contributed by atoms with E-state index in [0.29, 0.717) is 5.38 Å². The highest BCUT2D eigenvalue weighted by Gasteiger charge is 1.63. The van der Waals surface area contributed by atoms with E-state index in [2.05, 4.69) is 0 Å². The molecule has 0 aromatic carbocycles. The van der Waals surface area contributed by atoms with Crippen LogP contribution in [0.5, 0.6) is 0 Å². The third-order valence-electron chi connectivity index (χ3n) is 0.418. The number of hydrogen-bond donors (Lipinski definition) is 1. The minimum atomic E-state index is 0.519. The van der Waals surface area contributed by atoms with Crippen LogP contribution in [0.4, 0.5) is 0 Å². The third kappa shape index (κ3) is 3.76. The maximum atomic E-state index is 8.28. The van der Waals surface area contributed by atoms with Gasteiger partial charge in [0.15, 0.2) is 0 Å². The smallest absolute Gasteiger partial charge is 0.0825 e. The summed E-state index contributed by atoms with van der Waals surface area (Å²) in [6.07, 6.45) is 1.70. The van der Waals surface area contributed by atoms with Gasteiger partial charge in [-0.3, -0.25) is 0 Å². The second-order valence-electron chi connectivity index (χ2n) is 0.930. The first-order valence-electron chi connectivity index (χ1n) is 1.59. The van der Waals surface area contributed by atoms with Crippen molar-refractivity contribution in [3.05, 3.63) is 11.5 Å². The van der Waals surface area contributed by atoms with Crippen LogP contribution in [0.25, 0.3) is 0 Å². The van der Waals surface area contributed by atoms with Crippen LogP contribution in [-0.4, -0.2) is 15.3 Å². The monoisotopic (exact) mass is 88.0 g/mol. The molecular weight excluding hydrogens is 80.1 g/mol. The molecule has 0 aromatic rings. The Morgan fingerprint density at radius 2 is 2.20 bits per heavy atom. The quantitative estimate of drug-likeness (QED) is 0.320. The maximum absolute atomic E-state index is 8.28. The lowest BCUT2D eigenvalue weighted by Crippen LogP contribution is -1.70. The van der Waals surface area contributed by atoms with Crippen molar-refractivity contribution in [2.24, 2.45) is 0 Å². The molecule has 0 bridgehead atoms. The Labute approximate surface area is 34.7 Å². The minimum Gasteiger partial charge on any atom is -0.519 e. The number of allylic oxidation sites excluding steroid dienone is 1. The van der Waals surface area contributed by atoms with E-state index < -0.39 is 0 Å². The van der Waals surface area contributed by atoms with Gasteiger partial charge in [-0.2, -0.15) is 0 Å². The fourth-order valence-electron chi connectivity index (χ4n) is 0. The summed E-state index contributed by atoms with van der Waals surface area (Å²) in [5.74, 6) is 0. The molecule has 5 heavy (non-hydrogen) atoms. The van der Waals surface area contributed by atoms with Crippen LogP contribution in [-0.2, 0) is 0 Å². The van der Waals surface area contributed by atoms with Gasteiger partial charge >= 0.3 is 0 Å². The maximum Gasteiger partial charge on any atom is 0.0825 e. The van der Waals surface area contributed by atoms with Crippen molar-refractivity contribution in [2.45, 2.75) is 6.92 Å². The second-order valence-corrected chi connectivity index (χ2v) is 1.95. The van der Waals surface area contributed by atoms with Crippen LogP contribution >= 0.6 is 0 Å². The van der Waals surface area contributed by atoms with Gasteiger partial charge in [0.25, 0.3) is 0 Å². The van der Waals surface area contributed by atoms with Gasteiger partial charge in [0.2, 0.25) is 0 Å². The Morgan fingerprint density at radius 3 is 2.20 bits per heavy atom. The van der Waals surface area contributed by atoms with Gasteiger partial charge in [-0.15, -0.1) is 0 Å². The van der Waals surface area contributed by atoms with Crippen LogP contribution in [0, 0.1) is 0 Å². The predicted octanol–water partition coefficient (Wildman–Crippen LogP) is -0.229. The van der Waals surface area contributed by atoms with E-state index in [1.807, 2.05) is 6.92 Å². The molecule has 0 aliphatic rings. The molecule has 0 rings (SSSR count). The van der Waals surface area contributed by atoms with E-state index >= 15 is 0 Å². The molecule has 0 unspecified atom stereocenters. The summed E-state index contributed by atoms with van der Waals surface area (Å²) in [4.78, 5) is 0. The summed E-state index contributed by atoms with van der Waals surface area (Å²) in [5.41, 5.74) is 0. The van der Waals surface area contributed by atoms with Gasteiger partial charge < -0.3 is 5.11 Å². The molecular formula is C3H8OSi. The molecule has 0 saturated carbocycles. The van der Waals surface area contributed by atoms with E-state index in [0.717, 1.165) is 10.2 Å². The molecule has 0 saturated heterocycles. The molecule has 1 N–H and O–H groups in total. The Balaban J connectivity index is 3.14. The van der Waals surface area contributed by atoms with Crippen LogP contribution < -0.4 is 0 Å². The first kappa shape index (κ1) is 4.76. The number of rotatable bonds is 0. The molecule has 2 heteroatoms. The molecule has 0 amide bonds. The SMILES string of the molecule is CC=C(O)[SiH3]. The predicted molar refractivity (Wildman–Crippen MR) is 26.3 cm³/mol. The fraction of sp³-hybridized carbons (Fsp3) is 0.333. The molecule has 0 aliphatic carbocycles. The first-order valence-corrected chi connectivity index (χ1v) is 2.59. The van der Waals surface area contributed by atoms with E-state index in [1.54, 1.807) is 6.08 Å². The van der Waals surface area contributed by atoms with Crippen molar-refractivity contribution in [3.8, 4) is 0 Å². The van der Waals surface area contributed by atoms with Crippen molar-refractivity contribution in [2.75, 3.05) is 0 Å². The Bertz CT molecular complexity index is 44.9. The summed E-state index contributed by atoms with van der Waals surface area (Å²) in [7, 11) is 0.786. The average Bonchev–Trinajstić information content (AvgIpc) is 1.38. The standard InChI is InChI=1S/C3H8OSi/c1-2-3(4)5/h2,4H,1,5H3. The summed E-state index contributed by atoms with van der Waals surface area (Å²) in [6, 6.07) is 0. The Morgan fingerprint density at radius 1 is 2.00 bits per heavy atom. The van der Waals surface area contributed by atoms with Gasteiger partial charge in [-0.05, 0) is 6.92 Å². The van der Waals surface area contributed by atoms with Gasteiger partial charge in [0.05, 0.1) is 15.6 Å². The van der Waals surface area contributed by atoms with Crippen LogP contribution in [0.3, 0.4) is 0 Å². The molecule has 0 fully saturated rings. The van der Waals surface area contributed by atoms with E-state index in [4.69, 9.17) is 5.11 Å². The van der Waals surface area contributed by atoms with Crippen molar-refractivity contribution in [3.63, 3.8) is 0 Å². The van der Waals surface area contributed by atoms with E-state index in [-0.39, 0.29) is 0 Å². The van der Waals surface area contributed by atoms with Gasteiger partial charge in [-0.25, -0.2) is 0 Å². The first-order chi connectivity index (χ1) is 2.27. The van der Waals surface area contributed by atoms with Gasteiger partial charge in [0, 0.05) is 0 Å². The highest BCUT2D eigenvalue weighted by molar-refractivity contribution is 6.19. The van der Waals surface area contributed by atoms with E-state index in [9.17, 15) is 0 Å². The normalized spacial score (nSPS) is 12.6. The number of hydrogen-bond acceptors (Lipinski definition) is 1. The lowest BCUT2D eigenvalue weighted by Gasteiger charge is -1.75. The van der Waals surface area contributed by atoms with Gasteiger partial charge in [0.1, 0.15) is 0 Å². The zero-order valence-corrected chi connectivity index (χ0v) is 5.52. The van der Waals surface area contributed by atoms with Gasteiger partial charge in [-0.1, -0.05) is 6.08 Å². The summed E-state index contributed by atoms with van der Waals surface area (Å²) < 4.78 is 0. The van der Waals surface area contributed by atoms with Crippen LogP contribution in [0.1, 0.15) is 6.92 Å². The van der Waals surface area contributed by atoms with Crippen molar-refractivity contribution >= 4 is 10.2 Å². The summed E-state index contributed by atoms with van der Waals surface area (Å²) in [5, 5.41) is 8.80. The summed E-state index contributed by atoms with van der Waals surface area (Å²) in [6.45, 7) is 1.82. The molecule has 1 nitrogen and oxygen atoms in total. The molecule has 0 heterocycles. The highest BCUT2D eigenvalue weighted by atomic mass is 28.1. The topological polar surface area (TPSA) is 20.2 Å². The van der Waals surface area contributed by atoms with E-state index in [1.165, 1.54) is 0 Å². The lowest BCUT2D eigenvalue weighted by atomic mass is 10.7. The number of aliphatic hydroxyl groups is 1. The lowest BCUT2D eigenvalue weighted by molar-refractivity contribution is 0.451. The molecule has 0 radical (unpaired) electrons. The fourth-order valence-corrected chi connectivity index (χ4v) is 0. The van der Waals surface area contributed by atoms with Crippen molar-refractivity contribution in [1.29, 1.82) is 0 Å². The second kappa shape index (κ2) is 2.02. The third-order valence-corrected chi connectivity index (χ3v) is 0.995. The van der Waals surface area contributed by atoms with Crippen LogP contribution in [0.15, 0.2) is 11.5 Å². The minimum absolute atomic E-state index is 0.519. The van der Waals surface area contributed by atoms with Crippen LogP contribution in [0.2, 0.25) is 0 Å². The molecule has 0 aliphatic heterocycles. The zero-order chi connectivity index (χ0) is 4.28. The van der Waals surface area contributed by atoms with Crippen molar-refractivity contribution < 1.29 is 5.11 Å².